The Morgan fingerprint density at radius 3 is 2.29 bits per heavy atom. The summed E-state index contributed by atoms with van der Waals surface area (Å²) in [4.78, 5) is 27.8. The van der Waals surface area contributed by atoms with Crippen molar-refractivity contribution >= 4 is 33.0 Å². The zero-order chi connectivity index (χ0) is 17.9. The summed E-state index contributed by atoms with van der Waals surface area (Å²) >= 11 is 0. The average molecular weight is 353 g/mol. The lowest BCUT2D eigenvalue weighted by Crippen LogP contribution is -2.46. The standard InChI is InChI=1S/C16H23N3O4S/c1-4-19(14-9-10-24(22,23)11-14)16(21)15(20)17-12-5-7-13(8-6-12)18(2)3/h5-8,14H,4,9-11H2,1-3H3,(H,17,20). The topological polar surface area (TPSA) is 86.8 Å². The van der Waals surface area contributed by atoms with Gasteiger partial charge in [0, 0.05) is 38.1 Å². The molecule has 1 heterocycles. The third kappa shape index (κ3) is 4.25. The first-order valence-corrected chi connectivity index (χ1v) is 9.65. The Kier molecular flexibility index (Phi) is 5.48. The van der Waals surface area contributed by atoms with Crippen molar-refractivity contribution in [2.75, 3.05) is 42.4 Å². The SMILES string of the molecule is CCN(C(=O)C(=O)Nc1ccc(N(C)C)cc1)C1CCS(=O)(=O)C1. The summed E-state index contributed by atoms with van der Waals surface area (Å²) in [5, 5.41) is 2.57. The van der Waals surface area contributed by atoms with E-state index in [-0.39, 0.29) is 11.5 Å². The average Bonchev–Trinajstić information content (AvgIpc) is 2.88. The lowest BCUT2D eigenvalue weighted by molar-refractivity contribution is -0.144. The second-order valence-corrected chi connectivity index (χ2v) is 8.27. The molecule has 1 aliphatic rings. The van der Waals surface area contributed by atoms with Crippen molar-refractivity contribution in [1.29, 1.82) is 0 Å². The number of nitrogens with zero attached hydrogens (tertiary/aromatic N) is 2. The van der Waals surface area contributed by atoms with E-state index in [0.717, 1.165) is 5.69 Å². The van der Waals surface area contributed by atoms with E-state index in [1.165, 1.54) is 4.90 Å². The Labute approximate surface area is 142 Å². The Morgan fingerprint density at radius 2 is 1.83 bits per heavy atom. The fourth-order valence-corrected chi connectivity index (χ4v) is 4.48. The van der Waals surface area contributed by atoms with E-state index >= 15 is 0 Å². The van der Waals surface area contributed by atoms with Crippen LogP contribution in [0.3, 0.4) is 0 Å². The molecular formula is C16H23N3O4S. The molecule has 0 spiro atoms. The van der Waals surface area contributed by atoms with Crippen molar-refractivity contribution in [3.63, 3.8) is 0 Å². The summed E-state index contributed by atoms with van der Waals surface area (Å²) in [5.74, 6) is -1.46. The normalized spacial score (nSPS) is 18.9. The maximum absolute atomic E-state index is 12.4. The van der Waals surface area contributed by atoms with Crippen LogP contribution in [0, 0.1) is 0 Å². The first-order chi connectivity index (χ1) is 11.2. The van der Waals surface area contributed by atoms with Crippen LogP contribution in [0.5, 0.6) is 0 Å². The highest BCUT2D eigenvalue weighted by molar-refractivity contribution is 7.91. The zero-order valence-corrected chi connectivity index (χ0v) is 15.0. The Balaban J connectivity index is 2.03. The highest BCUT2D eigenvalue weighted by Crippen LogP contribution is 2.19. The smallest absolute Gasteiger partial charge is 0.313 e. The maximum atomic E-state index is 12.4. The summed E-state index contributed by atoms with van der Waals surface area (Å²) < 4.78 is 23.2. The van der Waals surface area contributed by atoms with Crippen LogP contribution < -0.4 is 10.2 Å². The molecule has 2 amide bonds. The molecule has 1 saturated heterocycles. The molecule has 1 fully saturated rings. The lowest BCUT2D eigenvalue weighted by Gasteiger charge is -2.26. The minimum atomic E-state index is -3.11. The molecule has 1 aromatic rings. The molecule has 132 valence electrons. The molecule has 0 radical (unpaired) electrons. The monoisotopic (exact) mass is 353 g/mol. The molecule has 1 aliphatic heterocycles. The van der Waals surface area contributed by atoms with Crippen LogP contribution in [0.1, 0.15) is 13.3 Å². The van der Waals surface area contributed by atoms with Gasteiger partial charge in [0.05, 0.1) is 11.5 Å². The van der Waals surface area contributed by atoms with Gasteiger partial charge < -0.3 is 15.1 Å². The Bertz CT molecular complexity index is 713. The number of carbonyl (C=O) groups excluding carboxylic acids is 2. The van der Waals surface area contributed by atoms with Crippen molar-refractivity contribution in [3.05, 3.63) is 24.3 Å². The number of likely N-dealkylation sites (N-methyl/N-ethyl adjacent to an activating group) is 1. The van der Waals surface area contributed by atoms with E-state index in [2.05, 4.69) is 5.32 Å². The number of anilines is 2. The molecular weight excluding hydrogens is 330 g/mol. The van der Waals surface area contributed by atoms with E-state index in [1.54, 1.807) is 19.1 Å². The molecule has 0 saturated carbocycles. The highest BCUT2D eigenvalue weighted by atomic mass is 32.2. The molecule has 1 atom stereocenters. The molecule has 0 aromatic heterocycles. The van der Waals surface area contributed by atoms with Crippen LogP contribution >= 0.6 is 0 Å². The first kappa shape index (κ1) is 18.3. The van der Waals surface area contributed by atoms with Crippen LogP contribution in [0.4, 0.5) is 11.4 Å². The maximum Gasteiger partial charge on any atom is 0.313 e. The highest BCUT2D eigenvalue weighted by Gasteiger charge is 2.35. The minimum absolute atomic E-state index is 0.0645. The van der Waals surface area contributed by atoms with Gasteiger partial charge >= 0.3 is 11.8 Å². The van der Waals surface area contributed by atoms with E-state index in [4.69, 9.17) is 0 Å². The number of benzene rings is 1. The number of amides is 2. The quantitative estimate of drug-likeness (QED) is 0.806. The third-order valence-electron chi connectivity index (χ3n) is 4.09. The van der Waals surface area contributed by atoms with Gasteiger partial charge in [-0.2, -0.15) is 0 Å². The van der Waals surface area contributed by atoms with Gasteiger partial charge in [-0.1, -0.05) is 0 Å². The number of carbonyl (C=O) groups is 2. The van der Waals surface area contributed by atoms with Crippen molar-refractivity contribution in [3.8, 4) is 0 Å². The number of nitrogens with one attached hydrogen (secondary N) is 1. The van der Waals surface area contributed by atoms with Crippen LogP contribution in [0.15, 0.2) is 24.3 Å². The molecule has 7 nitrogen and oxygen atoms in total. The predicted molar refractivity (Wildman–Crippen MR) is 93.8 cm³/mol. The van der Waals surface area contributed by atoms with Crippen molar-refractivity contribution < 1.29 is 18.0 Å². The summed E-state index contributed by atoms with van der Waals surface area (Å²) in [6.07, 6.45) is 0.382. The van der Waals surface area contributed by atoms with Gasteiger partial charge in [-0.05, 0) is 37.6 Å². The van der Waals surface area contributed by atoms with Gasteiger partial charge in [0.25, 0.3) is 0 Å². The largest absolute Gasteiger partial charge is 0.378 e. The van der Waals surface area contributed by atoms with Crippen molar-refractivity contribution in [2.45, 2.75) is 19.4 Å². The zero-order valence-electron chi connectivity index (χ0n) is 14.2. The second-order valence-electron chi connectivity index (χ2n) is 6.04. The van der Waals surface area contributed by atoms with Gasteiger partial charge in [-0.15, -0.1) is 0 Å². The van der Waals surface area contributed by atoms with Crippen LogP contribution in [0.25, 0.3) is 0 Å². The number of sulfone groups is 1. The van der Waals surface area contributed by atoms with Crippen LogP contribution in [-0.4, -0.2) is 63.3 Å². The van der Waals surface area contributed by atoms with Gasteiger partial charge in [-0.3, -0.25) is 9.59 Å². The Hall–Kier alpha value is -2.09. The molecule has 1 N–H and O–H groups in total. The molecule has 8 heteroatoms. The van der Waals surface area contributed by atoms with Crippen LogP contribution in [-0.2, 0) is 19.4 Å². The number of hydrogen-bond donors (Lipinski definition) is 1. The third-order valence-corrected chi connectivity index (χ3v) is 5.84. The predicted octanol–water partition coefficient (Wildman–Crippen LogP) is 0.727. The number of rotatable bonds is 4. The second kappa shape index (κ2) is 7.21. The Morgan fingerprint density at radius 1 is 1.21 bits per heavy atom. The van der Waals surface area contributed by atoms with Gasteiger partial charge in [-0.25, -0.2) is 8.42 Å². The van der Waals surface area contributed by atoms with Crippen LogP contribution in [0.2, 0.25) is 0 Å². The van der Waals surface area contributed by atoms with E-state index in [1.807, 2.05) is 31.1 Å². The summed E-state index contributed by atoms with van der Waals surface area (Å²) in [5.41, 5.74) is 1.50. The summed E-state index contributed by atoms with van der Waals surface area (Å²) in [6, 6.07) is 6.69. The van der Waals surface area contributed by atoms with Gasteiger partial charge in [0.15, 0.2) is 9.84 Å². The molecule has 0 aliphatic carbocycles. The fraction of sp³-hybridized carbons (Fsp3) is 0.500. The van der Waals surface area contributed by atoms with Crippen molar-refractivity contribution in [1.82, 2.24) is 4.90 Å². The molecule has 0 bridgehead atoms. The van der Waals surface area contributed by atoms with Crippen molar-refractivity contribution in [2.24, 2.45) is 0 Å². The fourth-order valence-electron chi connectivity index (χ4n) is 2.75. The minimum Gasteiger partial charge on any atom is -0.378 e. The van der Waals surface area contributed by atoms with E-state index in [0.29, 0.717) is 18.7 Å². The molecule has 1 unspecified atom stereocenters. The lowest BCUT2D eigenvalue weighted by atomic mass is 10.2. The molecule has 1 aromatic carbocycles. The number of hydrogen-bond acceptors (Lipinski definition) is 5. The van der Waals surface area contributed by atoms with E-state index < -0.39 is 27.7 Å². The van der Waals surface area contributed by atoms with Gasteiger partial charge in [0.2, 0.25) is 0 Å². The van der Waals surface area contributed by atoms with Gasteiger partial charge in [0.1, 0.15) is 0 Å². The molecule has 2 rings (SSSR count). The molecule has 24 heavy (non-hydrogen) atoms. The van der Waals surface area contributed by atoms with E-state index in [9.17, 15) is 18.0 Å². The summed E-state index contributed by atoms with van der Waals surface area (Å²) in [6.45, 7) is 2.04. The first-order valence-electron chi connectivity index (χ1n) is 7.83. The summed E-state index contributed by atoms with van der Waals surface area (Å²) in [7, 11) is 0.705.